The molecule has 12 aliphatic carbocycles. The number of carbonyl (C=O) groups is 2. The lowest BCUT2D eigenvalue weighted by Gasteiger charge is -2.59. The lowest BCUT2D eigenvalue weighted by molar-refractivity contribution is -0.205. The molecule has 0 aromatic heterocycles. The third-order valence-corrected chi connectivity index (χ3v) is 22.4. The molecule has 0 aliphatic heterocycles. The monoisotopic (exact) mass is 1050 g/mol. The highest BCUT2D eigenvalue weighted by Gasteiger charge is 2.58. The predicted octanol–water partition coefficient (Wildman–Crippen LogP) is 16.6. The fourth-order valence-corrected chi connectivity index (χ4v) is 17.7. The number of ether oxygens (including phenoxy) is 6. The van der Waals surface area contributed by atoms with Gasteiger partial charge in [-0.05, 0) is 277 Å². The molecule has 0 N–H and O–H groups in total. The van der Waals surface area contributed by atoms with Crippen molar-refractivity contribution in [2.24, 2.45) is 70.5 Å². The van der Waals surface area contributed by atoms with Crippen molar-refractivity contribution in [3.8, 4) is 17.2 Å². The van der Waals surface area contributed by atoms with Gasteiger partial charge in [-0.1, -0.05) is 84.9 Å². The second-order valence-electron chi connectivity index (χ2n) is 28.0. The number of hydrogen-bond acceptors (Lipinski definition) is 8. The predicted molar refractivity (Wildman–Crippen MR) is 306 cm³/mol. The molecule has 12 fully saturated rings. The molecule has 77 heavy (non-hydrogen) atoms. The molecule has 12 bridgehead atoms. The van der Waals surface area contributed by atoms with Crippen molar-refractivity contribution in [1.82, 2.24) is 0 Å². The Labute approximate surface area is 464 Å². The van der Waals surface area contributed by atoms with Gasteiger partial charge in [0.25, 0.3) is 0 Å². The van der Waals surface area contributed by atoms with E-state index >= 15 is 0 Å². The van der Waals surface area contributed by atoms with Crippen LogP contribution in [0.5, 0.6) is 17.2 Å². The minimum Gasteiger partial charge on any atom is -0.482 e. The maximum absolute atomic E-state index is 12.5. The second kappa shape index (κ2) is 23.6. The maximum Gasteiger partial charge on any atom is 0.344 e. The van der Waals surface area contributed by atoms with Gasteiger partial charge in [-0.3, -0.25) is 0 Å². The van der Waals surface area contributed by atoms with Crippen molar-refractivity contribution in [2.75, 3.05) is 26.6 Å². The zero-order chi connectivity index (χ0) is 54.1. The summed E-state index contributed by atoms with van der Waals surface area (Å²) in [6.07, 6.45) is 24.9. The largest absolute Gasteiger partial charge is 0.482 e. The van der Waals surface area contributed by atoms with Crippen LogP contribution in [0, 0.1) is 70.5 Å². The summed E-state index contributed by atoms with van der Waals surface area (Å²) in [6.45, 7) is 21.3. The first-order valence-electron chi connectivity index (χ1n) is 31.1. The Morgan fingerprint density at radius 1 is 0.494 bits per heavy atom. The number of rotatable bonds is 19. The molecule has 15 rings (SSSR count). The van der Waals surface area contributed by atoms with Crippen molar-refractivity contribution in [3.05, 3.63) is 89.5 Å². The van der Waals surface area contributed by atoms with E-state index in [-0.39, 0.29) is 41.8 Å². The van der Waals surface area contributed by atoms with E-state index in [1.165, 1.54) is 126 Å². The smallest absolute Gasteiger partial charge is 0.344 e. The van der Waals surface area contributed by atoms with E-state index in [1.54, 1.807) is 0 Å². The first kappa shape index (κ1) is 56.2. The molecule has 0 radical (unpaired) electrons. The third-order valence-electron chi connectivity index (χ3n) is 22.4. The minimum absolute atomic E-state index is 0.00158. The Morgan fingerprint density at radius 2 is 0.831 bits per heavy atom. The molecule has 2 atom stereocenters. The van der Waals surface area contributed by atoms with Crippen molar-refractivity contribution in [3.63, 3.8) is 0 Å². The summed E-state index contributed by atoms with van der Waals surface area (Å²) in [4.78, 5) is 25.0. The van der Waals surface area contributed by atoms with E-state index in [9.17, 15) is 9.59 Å². The molecule has 8 heteroatoms. The van der Waals surface area contributed by atoms with Crippen LogP contribution >= 0.6 is 0 Å². The van der Waals surface area contributed by atoms with Crippen molar-refractivity contribution < 1.29 is 38.0 Å². The molecule has 12 aliphatic rings. The summed E-state index contributed by atoms with van der Waals surface area (Å²) in [5.41, 5.74) is 4.09. The van der Waals surface area contributed by atoms with E-state index in [0.717, 1.165) is 78.1 Å². The molecule has 0 heterocycles. The fourth-order valence-electron chi connectivity index (χ4n) is 17.7. The van der Waals surface area contributed by atoms with E-state index < -0.39 is 0 Å². The van der Waals surface area contributed by atoms with Gasteiger partial charge in [0.1, 0.15) is 28.5 Å². The van der Waals surface area contributed by atoms with Gasteiger partial charge in [0, 0.05) is 0 Å². The first-order chi connectivity index (χ1) is 36.9. The van der Waals surface area contributed by atoms with Crippen LogP contribution in [0.25, 0.3) is 0 Å². The summed E-state index contributed by atoms with van der Waals surface area (Å²) in [7, 11) is 0. The van der Waals surface area contributed by atoms with Gasteiger partial charge < -0.3 is 28.4 Å². The maximum atomic E-state index is 12.5. The minimum atomic E-state index is -0.275. The molecule has 3 aromatic rings. The standard InChI is InChI=1S/C24H34O3.C23H32O3.C22H32O2/c1-5-23(2,3)18-6-8-21(9-7-18)26-15-22(25)27-24(4)19-11-16-10-17(13-19)14-20(24)12-16;1-4-15(2)18-5-7-21(8-6-18)25-14-22(24)26-23(3)19-10-16-9-17(12-19)13-20(23)11-16;1-3-16(2)20-4-6-21(7-5-20)24-15-23-14-22-11-17-8-18(12-22)10-19(9-17)13-22/h6-9,16-17,19-20H,5,10-15H2,1-4H3;5-8,15-17,19-20H,4,9-14H2,1-3H3;4-7,16-19H,3,8-15H2,1-2H3. The van der Waals surface area contributed by atoms with Crippen LogP contribution in [0.4, 0.5) is 0 Å². The third kappa shape index (κ3) is 12.8. The van der Waals surface area contributed by atoms with Gasteiger partial charge in [-0.2, -0.15) is 0 Å². The second-order valence-corrected chi connectivity index (χ2v) is 28.0. The normalized spacial score (nSPS) is 35.2. The van der Waals surface area contributed by atoms with Crippen LogP contribution in [0.15, 0.2) is 72.8 Å². The van der Waals surface area contributed by atoms with Crippen LogP contribution in [-0.4, -0.2) is 49.8 Å². The number of benzene rings is 3. The Morgan fingerprint density at radius 3 is 1.18 bits per heavy atom. The van der Waals surface area contributed by atoms with Crippen LogP contribution < -0.4 is 14.2 Å². The quantitative estimate of drug-likeness (QED) is 0.0666. The summed E-state index contributed by atoms with van der Waals surface area (Å²) < 4.78 is 35.4. The van der Waals surface area contributed by atoms with Crippen molar-refractivity contribution >= 4 is 11.9 Å². The van der Waals surface area contributed by atoms with Gasteiger partial charge in [-0.25, -0.2) is 9.59 Å². The van der Waals surface area contributed by atoms with Gasteiger partial charge in [-0.15, -0.1) is 0 Å². The van der Waals surface area contributed by atoms with Gasteiger partial charge in [0.15, 0.2) is 20.0 Å². The summed E-state index contributed by atoms with van der Waals surface area (Å²) in [5, 5.41) is 0. The molecular formula is C69H98O8. The number of carbonyl (C=O) groups excluding carboxylic acids is 2. The lowest BCUT2D eigenvalue weighted by Crippen LogP contribution is -2.58. The molecule has 0 amide bonds. The average Bonchev–Trinajstić information content (AvgIpc) is 3.45. The van der Waals surface area contributed by atoms with Crippen LogP contribution in [0.2, 0.25) is 0 Å². The van der Waals surface area contributed by atoms with Gasteiger partial charge in [0.2, 0.25) is 0 Å². The Balaban J connectivity index is 0.000000131. The van der Waals surface area contributed by atoms with E-state index in [0.29, 0.717) is 47.7 Å². The molecule has 0 saturated heterocycles. The van der Waals surface area contributed by atoms with E-state index in [4.69, 9.17) is 28.4 Å². The molecule has 8 nitrogen and oxygen atoms in total. The van der Waals surface area contributed by atoms with Gasteiger partial charge >= 0.3 is 11.9 Å². The summed E-state index contributed by atoms with van der Waals surface area (Å²) in [5.74, 6) is 11.8. The summed E-state index contributed by atoms with van der Waals surface area (Å²) in [6, 6.07) is 24.7. The SMILES string of the molecule is CCC(C)(C)c1ccc(OCC(=O)OC2(C)C3CC4CC(C3)CC2C4)cc1.CCC(C)c1ccc(OCC(=O)OC2(C)C3CC4CC(C3)CC2C4)cc1.CCC(C)c1ccc(OCOCC23CC4CC(CC(C4)C2)C3)cc1. The number of esters is 2. The van der Waals surface area contributed by atoms with Crippen LogP contribution in [0.1, 0.15) is 213 Å². The van der Waals surface area contributed by atoms with Gasteiger partial charge in [0.05, 0.1) is 6.61 Å². The zero-order valence-electron chi connectivity index (χ0n) is 49.0. The average molecular weight is 1060 g/mol. The molecule has 422 valence electrons. The Bertz CT molecular complexity index is 2330. The van der Waals surface area contributed by atoms with Crippen molar-refractivity contribution in [2.45, 2.75) is 213 Å². The van der Waals surface area contributed by atoms with Crippen LogP contribution in [-0.2, 0) is 29.2 Å². The van der Waals surface area contributed by atoms with E-state index in [1.807, 2.05) is 24.3 Å². The highest BCUT2D eigenvalue weighted by Crippen LogP contribution is 2.62. The lowest BCUT2D eigenvalue weighted by atomic mass is 9.50. The van der Waals surface area contributed by atoms with Crippen LogP contribution in [0.3, 0.4) is 0 Å². The highest BCUT2D eigenvalue weighted by atomic mass is 16.7. The first-order valence-corrected chi connectivity index (χ1v) is 31.1. The molecular weight excluding hydrogens is 957 g/mol. The van der Waals surface area contributed by atoms with E-state index in [2.05, 4.69) is 111 Å². The molecule has 0 spiro atoms. The molecule has 3 aromatic carbocycles. The highest BCUT2D eigenvalue weighted by molar-refractivity contribution is 5.72. The molecule has 2 unspecified atom stereocenters. The van der Waals surface area contributed by atoms with Crippen molar-refractivity contribution in [1.29, 1.82) is 0 Å². The number of hydrogen-bond donors (Lipinski definition) is 0. The Kier molecular flexibility index (Phi) is 17.2. The summed E-state index contributed by atoms with van der Waals surface area (Å²) >= 11 is 0. The Hall–Kier alpha value is -4.04. The zero-order valence-corrected chi connectivity index (χ0v) is 49.0. The molecule has 12 saturated carbocycles. The topological polar surface area (TPSA) is 89.5 Å². The fraction of sp³-hybridized carbons (Fsp3) is 0.710.